The number of nitrogens with one attached hydrogen (secondary N) is 2. The van der Waals surface area contributed by atoms with Crippen molar-refractivity contribution >= 4 is 23.1 Å². The Bertz CT molecular complexity index is 1310. The number of hydrogen-bond donors (Lipinski definition) is 2. The summed E-state index contributed by atoms with van der Waals surface area (Å²) in [5.74, 6) is -0.867. The summed E-state index contributed by atoms with van der Waals surface area (Å²) in [5, 5.41) is 5.60. The van der Waals surface area contributed by atoms with Crippen LogP contribution in [0, 0.1) is 5.82 Å². The summed E-state index contributed by atoms with van der Waals surface area (Å²) in [6, 6.07) is 17.5. The van der Waals surface area contributed by atoms with Crippen LogP contribution in [0.1, 0.15) is 40.7 Å². The van der Waals surface area contributed by atoms with Gasteiger partial charge in [0.2, 0.25) is 0 Å². The number of piperidine rings is 1. The van der Waals surface area contributed by atoms with E-state index in [2.05, 4.69) is 27.7 Å². The maximum absolute atomic E-state index is 13.5. The topological polar surface area (TPSA) is 70.7 Å². The van der Waals surface area contributed by atoms with Gasteiger partial charge in [0.25, 0.3) is 11.8 Å². The molecule has 0 aliphatic carbocycles. The lowest BCUT2D eigenvalue weighted by atomic mass is 9.90. The van der Waals surface area contributed by atoms with Gasteiger partial charge in [0, 0.05) is 29.6 Å². The molecule has 184 valence electrons. The van der Waals surface area contributed by atoms with Crippen molar-refractivity contribution in [1.82, 2.24) is 10.2 Å². The molecule has 0 atom stereocenters. The number of imide groups is 1. The van der Waals surface area contributed by atoms with Gasteiger partial charge in [0.05, 0.1) is 18.2 Å². The van der Waals surface area contributed by atoms with Crippen molar-refractivity contribution in [3.8, 4) is 16.9 Å². The van der Waals surface area contributed by atoms with Crippen molar-refractivity contribution in [1.29, 1.82) is 0 Å². The number of halogens is 1. The lowest BCUT2D eigenvalue weighted by Gasteiger charge is -2.26. The van der Waals surface area contributed by atoms with Crippen molar-refractivity contribution in [3.63, 3.8) is 0 Å². The number of likely N-dealkylation sites (tertiary alicyclic amines) is 1. The fourth-order valence-corrected chi connectivity index (χ4v) is 4.76. The van der Waals surface area contributed by atoms with E-state index in [0.29, 0.717) is 33.6 Å². The number of carbonyl (C=O) groups excluding carboxylic acids is 2. The number of benzene rings is 3. The summed E-state index contributed by atoms with van der Waals surface area (Å²) < 4.78 is 19.0. The first kappa shape index (κ1) is 23.8. The Hall–Kier alpha value is -3.97. The highest BCUT2D eigenvalue weighted by Crippen LogP contribution is 2.37. The molecule has 2 amide bonds. The van der Waals surface area contributed by atoms with Gasteiger partial charge in [-0.15, -0.1) is 0 Å². The normalized spacial score (nSPS) is 17.0. The third kappa shape index (κ3) is 5.02. The first-order valence-electron chi connectivity index (χ1n) is 12.1. The molecule has 1 fully saturated rings. The number of nitrogens with zero attached hydrogens (tertiary/aromatic N) is 1. The van der Waals surface area contributed by atoms with E-state index in [1.165, 1.54) is 44.1 Å². The van der Waals surface area contributed by atoms with Gasteiger partial charge >= 0.3 is 0 Å². The molecule has 2 aliphatic rings. The molecule has 1 saturated heterocycles. The van der Waals surface area contributed by atoms with Crippen LogP contribution >= 0.6 is 0 Å². The zero-order chi connectivity index (χ0) is 25.1. The second kappa shape index (κ2) is 10.3. The van der Waals surface area contributed by atoms with Gasteiger partial charge in [-0.3, -0.25) is 19.8 Å². The molecule has 3 aromatic rings. The summed E-state index contributed by atoms with van der Waals surface area (Å²) in [6.07, 6.45) is 5.44. The zero-order valence-corrected chi connectivity index (χ0v) is 20.1. The third-order valence-corrected chi connectivity index (χ3v) is 6.69. The molecule has 0 saturated carbocycles. The van der Waals surface area contributed by atoms with Crippen molar-refractivity contribution in [2.75, 3.05) is 25.5 Å². The summed E-state index contributed by atoms with van der Waals surface area (Å²) >= 11 is 0. The number of anilines is 1. The van der Waals surface area contributed by atoms with E-state index in [1.807, 2.05) is 12.1 Å². The molecule has 0 radical (unpaired) electrons. The second-order valence-corrected chi connectivity index (χ2v) is 9.12. The lowest BCUT2D eigenvalue weighted by molar-refractivity contribution is -0.114. The third-order valence-electron chi connectivity index (χ3n) is 6.69. The summed E-state index contributed by atoms with van der Waals surface area (Å²) in [7, 11) is 1.51. The van der Waals surface area contributed by atoms with Crippen molar-refractivity contribution in [3.05, 3.63) is 89.4 Å². The van der Waals surface area contributed by atoms with E-state index in [1.54, 1.807) is 30.5 Å². The van der Waals surface area contributed by atoms with Gasteiger partial charge in [-0.25, -0.2) is 4.39 Å². The van der Waals surface area contributed by atoms with Crippen LogP contribution in [-0.4, -0.2) is 36.9 Å². The molecule has 6 nitrogen and oxygen atoms in total. The average Bonchev–Trinajstić information content (AvgIpc) is 2.90. The molecule has 0 aromatic heterocycles. The fourth-order valence-electron chi connectivity index (χ4n) is 4.76. The number of carbonyl (C=O) groups is 2. The Kier molecular flexibility index (Phi) is 6.82. The summed E-state index contributed by atoms with van der Waals surface area (Å²) in [5.41, 5.74) is 4.60. The predicted molar refractivity (Wildman–Crippen MR) is 138 cm³/mol. The SMILES string of the molecule is COc1cc2c(cc1-c1ccc(F)cc1)/C(=C\Nc1ccc(CN3CCCCC3)cc1)C(=O)NC2=O. The largest absolute Gasteiger partial charge is 0.496 e. The molecule has 5 rings (SSSR count). The van der Waals surface area contributed by atoms with Crippen LogP contribution in [0.25, 0.3) is 16.7 Å². The lowest BCUT2D eigenvalue weighted by Crippen LogP contribution is -2.36. The molecule has 2 heterocycles. The number of rotatable bonds is 6. The molecule has 2 aliphatic heterocycles. The molecule has 7 heteroatoms. The Morgan fingerprint density at radius 2 is 1.64 bits per heavy atom. The average molecular weight is 486 g/mol. The molecule has 2 N–H and O–H groups in total. The first-order valence-corrected chi connectivity index (χ1v) is 12.1. The highest BCUT2D eigenvalue weighted by molar-refractivity contribution is 6.31. The smallest absolute Gasteiger partial charge is 0.260 e. The Labute approximate surface area is 209 Å². The van der Waals surface area contributed by atoms with Gasteiger partial charge in [-0.1, -0.05) is 30.7 Å². The maximum Gasteiger partial charge on any atom is 0.260 e. The highest BCUT2D eigenvalue weighted by Gasteiger charge is 2.29. The first-order chi connectivity index (χ1) is 17.5. The molecule has 0 unspecified atom stereocenters. The molecule has 3 aromatic carbocycles. The van der Waals surface area contributed by atoms with Crippen LogP contribution in [0.3, 0.4) is 0 Å². The summed E-state index contributed by atoms with van der Waals surface area (Å²) in [6.45, 7) is 3.22. The minimum atomic E-state index is -0.489. The molecular formula is C29H28FN3O3. The second-order valence-electron chi connectivity index (χ2n) is 9.12. The minimum absolute atomic E-state index is 0.327. The van der Waals surface area contributed by atoms with Crippen LogP contribution in [0.5, 0.6) is 5.75 Å². The highest BCUT2D eigenvalue weighted by atomic mass is 19.1. The number of hydrogen-bond acceptors (Lipinski definition) is 5. The Morgan fingerprint density at radius 1 is 0.917 bits per heavy atom. The monoisotopic (exact) mass is 485 g/mol. The van der Waals surface area contributed by atoms with Crippen LogP contribution in [-0.2, 0) is 11.3 Å². The van der Waals surface area contributed by atoms with Gasteiger partial charge in [-0.05, 0) is 73.5 Å². The van der Waals surface area contributed by atoms with E-state index >= 15 is 0 Å². The minimum Gasteiger partial charge on any atom is -0.496 e. The van der Waals surface area contributed by atoms with Crippen LogP contribution in [0.4, 0.5) is 10.1 Å². The molecule has 0 bridgehead atoms. The van der Waals surface area contributed by atoms with Crippen LogP contribution in [0.2, 0.25) is 0 Å². The number of ether oxygens (including phenoxy) is 1. The zero-order valence-electron chi connectivity index (χ0n) is 20.1. The van der Waals surface area contributed by atoms with E-state index < -0.39 is 11.8 Å². The van der Waals surface area contributed by atoms with Crippen LogP contribution in [0.15, 0.2) is 66.9 Å². The van der Waals surface area contributed by atoms with Crippen molar-refractivity contribution in [2.45, 2.75) is 25.8 Å². The van der Waals surface area contributed by atoms with Gasteiger partial charge in [0.15, 0.2) is 0 Å². The van der Waals surface area contributed by atoms with E-state index in [-0.39, 0.29) is 5.82 Å². The van der Waals surface area contributed by atoms with Gasteiger partial charge < -0.3 is 10.1 Å². The van der Waals surface area contributed by atoms with E-state index in [9.17, 15) is 14.0 Å². The van der Waals surface area contributed by atoms with E-state index in [0.717, 1.165) is 25.3 Å². The van der Waals surface area contributed by atoms with Crippen molar-refractivity contribution in [2.24, 2.45) is 0 Å². The Morgan fingerprint density at radius 3 is 2.33 bits per heavy atom. The van der Waals surface area contributed by atoms with Gasteiger partial charge in [-0.2, -0.15) is 0 Å². The van der Waals surface area contributed by atoms with E-state index in [4.69, 9.17) is 4.74 Å². The quantitative estimate of drug-likeness (QED) is 0.371. The predicted octanol–water partition coefficient (Wildman–Crippen LogP) is 5.21. The summed E-state index contributed by atoms with van der Waals surface area (Å²) in [4.78, 5) is 27.8. The fraction of sp³-hybridized carbons (Fsp3) is 0.241. The molecule has 0 spiro atoms. The van der Waals surface area contributed by atoms with Crippen molar-refractivity contribution < 1.29 is 18.7 Å². The number of amides is 2. The van der Waals surface area contributed by atoms with Crippen LogP contribution < -0.4 is 15.4 Å². The standard InChI is InChI=1S/C29H28FN3O3/c1-36-27-16-25-24(15-23(27)20-7-9-21(30)10-8-20)26(29(35)32-28(25)34)17-31-22-11-5-19(6-12-22)18-33-13-3-2-4-14-33/h5-12,15-17,31H,2-4,13-14,18H2,1H3,(H,32,34,35)/b26-17+. The maximum atomic E-state index is 13.5. The number of fused-ring (bicyclic) bond motifs is 1. The molecule has 36 heavy (non-hydrogen) atoms. The molecular weight excluding hydrogens is 457 g/mol. The van der Waals surface area contributed by atoms with Gasteiger partial charge in [0.1, 0.15) is 11.6 Å². The number of methoxy groups -OCH3 is 1. The Balaban J connectivity index is 1.43.